The third kappa shape index (κ3) is 5.25. The van der Waals surface area contributed by atoms with Crippen LogP contribution in [0.15, 0.2) is 18.7 Å². The fourth-order valence-electron chi connectivity index (χ4n) is 1.70. The summed E-state index contributed by atoms with van der Waals surface area (Å²) in [4.78, 5) is 6.24. The van der Waals surface area contributed by atoms with Gasteiger partial charge in [-0.2, -0.15) is 0 Å². The fourth-order valence-corrected chi connectivity index (χ4v) is 1.70. The number of nitrogens with two attached hydrogens (primary N) is 1. The molecule has 92 valence electrons. The Labute approximate surface area is 97.2 Å². The molecule has 1 unspecified atom stereocenters. The Bertz CT molecular complexity index is 263. The van der Waals surface area contributed by atoms with E-state index < -0.39 is 0 Å². The molecule has 16 heavy (non-hydrogen) atoms. The molecule has 0 aliphatic rings. The highest BCUT2D eigenvalue weighted by Gasteiger charge is 2.05. The smallest absolute Gasteiger partial charge is 0.0945 e. The molecule has 1 atom stereocenters. The van der Waals surface area contributed by atoms with Crippen LogP contribution in [0.3, 0.4) is 0 Å². The molecule has 2 N–H and O–H groups in total. The van der Waals surface area contributed by atoms with E-state index in [2.05, 4.69) is 21.5 Å². The summed E-state index contributed by atoms with van der Waals surface area (Å²) in [5, 5.41) is 0. The maximum absolute atomic E-state index is 5.87. The average molecular weight is 226 g/mol. The van der Waals surface area contributed by atoms with Crippen LogP contribution in [0.5, 0.6) is 0 Å². The highest BCUT2D eigenvalue weighted by atomic mass is 16.5. The Morgan fingerprint density at radius 3 is 3.00 bits per heavy atom. The first-order valence-electron chi connectivity index (χ1n) is 5.61. The van der Waals surface area contributed by atoms with Crippen molar-refractivity contribution in [3.05, 3.63) is 18.7 Å². The zero-order valence-electron chi connectivity index (χ0n) is 10.2. The summed E-state index contributed by atoms with van der Waals surface area (Å²) in [7, 11) is 3.77. The topological polar surface area (TPSA) is 56.3 Å². The first-order valence-corrected chi connectivity index (χ1v) is 5.61. The molecule has 0 bridgehead atoms. The molecular formula is C11H22N4O. The molecule has 1 heterocycles. The second-order valence-corrected chi connectivity index (χ2v) is 4.13. The average Bonchev–Trinajstić information content (AvgIpc) is 2.70. The van der Waals surface area contributed by atoms with Gasteiger partial charge < -0.3 is 19.9 Å². The van der Waals surface area contributed by atoms with E-state index in [9.17, 15) is 0 Å². The lowest BCUT2D eigenvalue weighted by Crippen LogP contribution is -2.38. The van der Waals surface area contributed by atoms with Crippen molar-refractivity contribution in [2.45, 2.75) is 19.0 Å². The molecular weight excluding hydrogens is 204 g/mol. The lowest BCUT2D eigenvalue weighted by Gasteiger charge is -2.20. The summed E-state index contributed by atoms with van der Waals surface area (Å²) in [6.07, 6.45) is 6.73. The van der Waals surface area contributed by atoms with Crippen LogP contribution in [0.4, 0.5) is 0 Å². The Kier molecular flexibility index (Phi) is 6.07. The molecule has 0 aliphatic carbocycles. The summed E-state index contributed by atoms with van der Waals surface area (Å²) in [6.45, 7) is 3.53. The molecule has 0 radical (unpaired) electrons. The number of imidazole rings is 1. The molecule has 0 amide bonds. The van der Waals surface area contributed by atoms with E-state index in [1.54, 1.807) is 13.3 Å². The van der Waals surface area contributed by atoms with E-state index in [1.165, 1.54) is 0 Å². The van der Waals surface area contributed by atoms with Crippen LogP contribution >= 0.6 is 0 Å². The Morgan fingerprint density at radius 2 is 2.38 bits per heavy atom. The van der Waals surface area contributed by atoms with Crippen LogP contribution in [0, 0.1) is 0 Å². The molecule has 0 saturated heterocycles. The van der Waals surface area contributed by atoms with Gasteiger partial charge in [-0.3, -0.25) is 0 Å². The summed E-state index contributed by atoms with van der Waals surface area (Å²) < 4.78 is 7.09. The summed E-state index contributed by atoms with van der Waals surface area (Å²) in [5.74, 6) is 0. The zero-order valence-corrected chi connectivity index (χ0v) is 10.2. The van der Waals surface area contributed by atoms with Crippen molar-refractivity contribution in [1.82, 2.24) is 14.5 Å². The van der Waals surface area contributed by atoms with E-state index in [4.69, 9.17) is 10.5 Å². The number of ether oxygens (including phenoxy) is 1. The van der Waals surface area contributed by atoms with Gasteiger partial charge in [0.25, 0.3) is 0 Å². The maximum atomic E-state index is 5.87. The van der Waals surface area contributed by atoms with Crippen molar-refractivity contribution in [2.24, 2.45) is 5.73 Å². The van der Waals surface area contributed by atoms with Gasteiger partial charge in [-0.15, -0.1) is 0 Å². The number of aryl methyl sites for hydroxylation is 1. The van der Waals surface area contributed by atoms with Gasteiger partial charge in [0.15, 0.2) is 0 Å². The second kappa shape index (κ2) is 7.38. The van der Waals surface area contributed by atoms with Crippen LogP contribution < -0.4 is 5.73 Å². The van der Waals surface area contributed by atoms with Crippen molar-refractivity contribution in [3.8, 4) is 0 Å². The molecule has 0 spiro atoms. The lowest BCUT2D eigenvalue weighted by atomic mass is 10.3. The highest BCUT2D eigenvalue weighted by Crippen LogP contribution is 1.94. The van der Waals surface area contributed by atoms with E-state index in [0.717, 1.165) is 26.1 Å². The zero-order chi connectivity index (χ0) is 11.8. The van der Waals surface area contributed by atoms with Gasteiger partial charge in [0.1, 0.15) is 0 Å². The minimum Gasteiger partial charge on any atom is -0.383 e. The van der Waals surface area contributed by atoms with Crippen molar-refractivity contribution in [2.75, 3.05) is 33.9 Å². The third-order valence-corrected chi connectivity index (χ3v) is 2.44. The number of nitrogens with zero attached hydrogens (tertiary/aromatic N) is 3. The molecule has 5 nitrogen and oxygen atoms in total. The SMILES string of the molecule is COCC(N)CN(C)CCCn1ccnc1. The van der Waals surface area contributed by atoms with Gasteiger partial charge in [0.05, 0.1) is 12.9 Å². The van der Waals surface area contributed by atoms with Crippen LogP contribution in [0.25, 0.3) is 0 Å². The largest absolute Gasteiger partial charge is 0.383 e. The van der Waals surface area contributed by atoms with Gasteiger partial charge in [0, 0.05) is 38.6 Å². The summed E-state index contributed by atoms with van der Waals surface area (Å²) in [5.41, 5.74) is 5.87. The van der Waals surface area contributed by atoms with E-state index in [-0.39, 0.29) is 6.04 Å². The number of likely N-dealkylation sites (N-methyl/N-ethyl adjacent to an activating group) is 1. The van der Waals surface area contributed by atoms with Gasteiger partial charge >= 0.3 is 0 Å². The minimum absolute atomic E-state index is 0.100. The molecule has 1 rings (SSSR count). The second-order valence-electron chi connectivity index (χ2n) is 4.13. The normalized spacial score (nSPS) is 13.2. The van der Waals surface area contributed by atoms with Gasteiger partial charge in [0.2, 0.25) is 0 Å². The molecule has 1 aromatic heterocycles. The van der Waals surface area contributed by atoms with Crippen LogP contribution in [-0.4, -0.2) is 54.3 Å². The maximum Gasteiger partial charge on any atom is 0.0945 e. The monoisotopic (exact) mass is 226 g/mol. The molecule has 5 heteroatoms. The van der Waals surface area contributed by atoms with Crippen molar-refractivity contribution < 1.29 is 4.74 Å². The fraction of sp³-hybridized carbons (Fsp3) is 0.727. The first kappa shape index (κ1) is 13.2. The van der Waals surface area contributed by atoms with Crippen LogP contribution in [-0.2, 0) is 11.3 Å². The van der Waals surface area contributed by atoms with E-state index >= 15 is 0 Å². The van der Waals surface area contributed by atoms with Gasteiger partial charge in [-0.05, 0) is 20.0 Å². The number of aromatic nitrogens is 2. The minimum atomic E-state index is 0.100. The van der Waals surface area contributed by atoms with E-state index in [1.807, 2.05) is 12.5 Å². The molecule has 0 aliphatic heterocycles. The number of hydrogen-bond acceptors (Lipinski definition) is 4. The number of hydrogen-bond donors (Lipinski definition) is 1. The first-order chi connectivity index (χ1) is 7.72. The van der Waals surface area contributed by atoms with Crippen LogP contribution in [0.2, 0.25) is 0 Å². The van der Waals surface area contributed by atoms with Crippen molar-refractivity contribution in [3.63, 3.8) is 0 Å². The Morgan fingerprint density at radius 1 is 1.56 bits per heavy atom. The molecule has 0 aromatic carbocycles. The predicted molar refractivity (Wildman–Crippen MR) is 64.2 cm³/mol. The van der Waals surface area contributed by atoms with E-state index in [0.29, 0.717) is 6.61 Å². The molecule has 0 fully saturated rings. The number of methoxy groups -OCH3 is 1. The van der Waals surface area contributed by atoms with Crippen molar-refractivity contribution in [1.29, 1.82) is 0 Å². The standard InChI is InChI=1S/C11H22N4O/c1-14(8-11(12)9-16-2)5-3-6-15-7-4-13-10-15/h4,7,10-11H,3,5-6,8-9,12H2,1-2H3. The Hall–Kier alpha value is -0.910. The highest BCUT2D eigenvalue weighted by molar-refractivity contribution is 4.74. The molecule has 1 aromatic rings. The quantitative estimate of drug-likeness (QED) is 0.687. The third-order valence-electron chi connectivity index (χ3n) is 2.44. The predicted octanol–water partition coefficient (Wildman–Crippen LogP) is 0.179. The molecule has 0 saturated carbocycles. The lowest BCUT2D eigenvalue weighted by molar-refractivity contribution is 0.160. The Balaban J connectivity index is 2.08. The van der Waals surface area contributed by atoms with Gasteiger partial charge in [-0.1, -0.05) is 0 Å². The van der Waals surface area contributed by atoms with Gasteiger partial charge in [-0.25, -0.2) is 4.98 Å². The summed E-state index contributed by atoms with van der Waals surface area (Å²) >= 11 is 0. The van der Waals surface area contributed by atoms with Crippen molar-refractivity contribution >= 4 is 0 Å². The summed E-state index contributed by atoms with van der Waals surface area (Å²) in [6, 6.07) is 0.100. The van der Waals surface area contributed by atoms with Crippen LogP contribution in [0.1, 0.15) is 6.42 Å². The number of rotatable bonds is 8.